The first-order valence-electron chi connectivity index (χ1n) is 12.7. The number of aliphatic imine (C=N–C) groups is 1. The Morgan fingerprint density at radius 3 is 2.44 bits per heavy atom. The van der Waals surface area contributed by atoms with Gasteiger partial charge in [0.15, 0.2) is 5.17 Å². The van der Waals surface area contributed by atoms with Crippen molar-refractivity contribution in [1.82, 2.24) is 4.90 Å². The second kappa shape index (κ2) is 10.6. The molecule has 0 radical (unpaired) electrons. The molecule has 3 aliphatic rings. The Kier molecular flexibility index (Phi) is 7.35. The van der Waals surface area contributed by atoms with Crippen LogP contribution in [-0.4, -0.2) is 29.1 Å². The number of amides is 1. The van der Waals surface area contributed by atoms with Crippen LogP contribution in [0, 0.1) is 0 Å². The summed E-state index contributed by atoms with van der Waals surface area (Å²) < 4.78 is 0. The van der Waals surface area contributed by atoms with E-state index in [-0.39, 0.29) is 5.91 Å². The van der Waals surface area contributed by atoms with Crippen molar-refractivity contribution in [2.75, 3.05) is 18.0 Å². The number of para-hydroxylation sites is 1. The van der Waals surface area contributed by atoms with Crippen molar-refractivity contribution in [3.05, 3.63) is 64.0 Å². The van der Waals surface area contributed by atoms with Gasteiger partial charge in [-0.1, -0.05) is 68.6 Å². The van der Waals surface area contributed by atoms with Crippen LogP contribution in [-0.2, 0) is 4.79 Å². The molecular weight excluding hydrogens is 458 g/mol. The third-order valence-electron chi connectivity index (χ3n) is 6.91. The number of carbonyl (C=O) groups excluding carboxylic acids is 1. The van der Waals surface area contributed by atoms with Crippen LogP contribution < -0.4 is 4.90 Å². The third-order valence-corrected chi connectivity index (χ3v) is 9.29. The van der Waals surface area contributed by atoms with Crippen LogP contribution >= 0.6 is 23.5 Å². The largest absolute Gasteiger partial charge is 0.334 e. The Morgan fingerprint density at radius 2 is 1.71 bits per heavy atom. The van der Waals surface area contributed by atoms with Crippen molar-refractivity contribution < 1.29 is 4.79 Å². The van der Waals surface area contributed by atoms with Gasteiger partial charge in [-0.3, -0.25) is 9.69 Å². The second-order valence-corrected chi connectivity index (χ2v) is 11.2. The van der Waals surface area contributed by atoms with Gasteiger partial charge in [0.1, 0.15) is 9.93 Å². The Morgan fingerprint density at radius 1 is 0.941 bits per heavy atom. The second-order valence-electron chi connectivity index (χ2n) is 9.18. The first-order valence-corrected chi connectivity index (χ1v) is 14.3. The molecule has 2 fully saturated rings. The smallest absolute Gasteiger partial charge is 0.269 e. The van der Waals surface area contributed by atoms with Crippen molar-refractivity contribution in [2.45, 2.75) is 69.6 Å². The molecule has 1 amide bonds. The fourth-order valence-corrected chi connectivity index (χ4v) is 7.43. The van der Waals surface area contributed by atoms with Crippen molar-refractivity contribution in [3.63, 3.8) is 0 Å². The first-order chi connectivity index (χ1) is 16.7. The number of carbonyl (C=O) groups is 1. The van der Waals surface area contributed by atoms with E-state index in [9.17, 15) is 4.79 Å². The molecule has 178 valence electrons. The lowest BCUT2D eigenvalue weighted by Crippen LogP contribution is -2.30. The van der Waals surface area contributed by atoms with Gasteiger partial charge in [0, 0.05) is 18.0 Å². The Balaban J connectivity index is 1.44. The molecule has 2 heterocycles. The zero-order chi connectivity index (χ0) is 23.5. The number of fused-ring (bicyclic) bond motifs is 1. The molecule has 0 aromatic heterocycles. The summed E-state index contributed by atoms with van der Waals surface area (Å²) >= 11 is 3.24. The lowest BCUT2D eigenvalue weighted by Gasteiger charge is -2.22. The molecule has 1 saturated carbocycles. The van der Waals surface area contributed by atoms with Crippen LogP contribution in [0.2, 0.25) is 0 Å². The molecule has 1 saturated heterocycles. The summed E-state index contributed by atoms with van der Waals surface area (Å²) in [7, 11) is 0. The van der Waals surface area contributed by atoms with Crippen molar-refractivity contribution >= 4 is 46.0 Å². The number of anilines is 1. The Hall–Kier alpha value is -2.18. The van der Waals surface area contributed by atoms with Gasteiger partial charge in [-0.05, 0) is 73.7 Å². The average molecular weight is 492 g/mol. The zero-order valence-electron chi connectivity index (χ0n) is 20.1. The summed E-state index contributed by atoms with van der Waals surface area (Å²) in [6.07, 6.45) is 8.67. The van der Waals surface area contributed by atoms with Gasteiger partial charge in [0.2, 0.25) is 0 Å². The maximum Gasteiger partial charge on any atom is 0.269 e. The molecule has 0 bridgehead atoms. The van der Waals surface area contributed by atoms with E-state index >= 15 is 0 Å². The number of hydrogen-bond acceptors (Lipinski definition) is 5. The van der Waals surface area contributed by atoms with Gasteiger partial charge >= 0.3 is 0 Å². The van der Waals surface area contributed by atoms with Crippen LogP contribution in [0.25, 0.3) is 0 Å². The van der Waals surface area contributed by atoms with Gasteiger partial charge in [-0.15, -0.1) is 0 Å². The predicted molar refractivity (Wildman–Crippen MR) is 146 cm³/mol. The number of thioether (sulfide) groups is 2. The highest BCUT2D eigenvalue weighted by molar-refractivity contribution is 8.19. The molecule has 0 N–H and O–H groups in total. The molecule has 34 heavy (non-hydrogen) atoms. The molecular formula is C28H33N3OS2. The van der Waals surface area contributed by atoms with Crippen molar-refractivity contribution in [3.8, 4) is 0 Å². The Bertz CT molecular complexity index is 1100. The van der Waals surface area contributed by atoms with E-state index in [0.717, 1.165) is 40.2 Å². The maximum absolute atomic E-state index is 13.6. The highest BCUT2D eigenvalue weighted by Gasteiger charge is 2.39. The molecule has 2 aromatic carbocycles. The summed E-state index contributed by atoms with van der Waals surface area (Å²) in [4.78, 5) is 24.7. The number of nitrogens with zero attached hydrogens (tertiary/aromatic N) is 3. The monoisotopic (exact) mass is 491 g/mol. The lowest BCUT2D eigenvalue weighted by molar-refractivity contribution is -0.122. The van der Waals surface area contributed by atoms with Crippen LogP contribution in [0.15, 0.2) is 68.4 Å². The summed E-state index contributed by atoms with van der Waals surface area (Å²) in [5.41, 5.74) is 3.55. The molecule has 4 nitrogen and oxygen atoms in total. The first kappa shape index (κ1) is 23.6. The van der Waals surface area contributed by atoms with E-state index < -0.39 is 0 Å². The number of amidine groups is 1. The standard InChI is InChI=1S/C28H33N3OS2/c1-3-5-19-31-26(32)25(27-30(4-2)23-13-9-10-14-24(23)33-27)34-28(31)29-22-17-15-21(16-18-22)20-11-7-6-8-12-20/h9-10,13-18,20H,3-8,11-12,19H2,1-2H3. The van der Waals surface area contributed by atoms with Crippen LogP contribution in [0.4, 0.5) is 11.4 Å². The van der Waals surface area contributed by atoms with Gasteiger partial charge < -0.3 is 4.90 Å². The minimum absolute atomic E-state index is 0.0878. The van der Waals surface area contributed by atoms with Crippen LogP contribution in [0.1, 0.15) is 70.3 Å². The van der Waals surface area contributed by atoms with Crippen LogP contribution in [0.5, 0.6) is 0 Å². The molecule has 0 unspecified atom stereocenters. The molecule has 5 rings (SSSR count). The number of benzene rings is 2. The molecule has 2 aliphatic heterocycles. The van der Waals surface area contributed by atoms with Crippen molar-refractivity contribution in [1.29, 1.82) is 0 Å². The lowest BCUT2D eigenvalue weighted by atomic mass is 9.84. The number of unbranched alkanes of at least 4 members (excludes halogenated alkanes) is 1. The van der Waals surface area contributed by atoms with Gasteiger partial charge in [-0.25, -0.2) is 4.99 Å². The highest BCUT2D eigenvalue weighted by Crippen LogP contribution is 2.50. The quantitative estimate of drug-likeness (QED) is 0.385. The van der Waals surface area contributed by atoms with Crippen molar-refractivity contribution in [2.24, 2.45) is 4.99 Å². The molecule has 0 atom stereocenters. The van der Waals surface area contributed by atoms with E-state index in [4.69, 9.17) is 4.99 Å². The van der Waals surface area contributed by atoms with E-state index in [2.05, 4.69) is 67.3 Å². The minimum atomic E-state index is 0.0878. The minimum Gasteiger partial charge on any atom is -0.334 e. The fourth-order valence-electron chi connectivity index (χ4n) is 5.02. The maximum atomic E-state index is 13.6. The molecule has 6 heteroatoms. The van der Waals surface area contributed by atoms with Crippen LogP contribution in [0.3, 0.4) is 0 Å². The van der Waals surface area contributed by atoms with E-state index in [1.54, 1.807) is 11.8 Å². The fraction of sp³-hybridized carbons (Fsp3) is 0.429. The van der Waals surface area contributed by atoms with E-state index in [1.165, 1.54) is 60.0 Å². The SMILES string of the molecule is CCCCN1C(=O)C(=C2Sc3ccccc3N2CC)SC1=Nc1ccc(C2CCCCC2)cc1. The third kappa shape index (κ3) is 4.67. The average Bonchev–Trinajstić information content (AvgIpc) is 3.40. The van der Waals surface area contributed by atoms with E-state index in [0.29, 0.717) is 12.5 Å². The Labute approximate surface area is 211 Å². The molecule has 0 spiro atoms. The predicted octanol–water partition coefficient (Wildman–Crippen LogP) is 7.90. The van der Waals surface area contributed by atoms with Gasteiger partial charge in [-0.2, -0.15) is 0 Å². The van der Waals surface area contributed by atoms with Gasteiger partial charge in [0.25, 0.3) is 5.91 Å². The molecule has 1 aliphatic carbocycles. The topological polar surface area (TPSA) is 35.9 Å². The normalized spacial score (nSPS) is 22.2. The molecule has 2 aromatic rings. The summed E-state index contributed by atoms with van der Waals surface area (Å²) in [6.45, 7) is 5.85. The summed E-state index contributed by atoms with van der Waals surface area (Å²) in [6, 6.07) is 17.2. The number of rotatable bonds is 6. The highest BCUT2D eigenvalue weighted by atomic mass is 32.2. The summed E-state index contributed by atoms with van der Waals surface area (Å²) in [5.74, 6) is 0.779. The van der Waals surface area contributed by atoms with E-state index in [1.807, 2.05) is 4.90 Å². The summed E-state index contributed by atoms with van der Waals surface area (Å²) in [5, 5.41) is 1.84. The zero-order valence-corrected chi connectivity index (χ0v) is 21.8. The van der Waals surface area contributed by atoms with Gasteiger partial charge in [0.05, 0.1) is 11.4 Å². The number of hydrogen-bond donors (Lipinski definition) is 0.